The highest BCUT2D eigenvalue weighted by Crippen LogP contribution is 2.32. The van der Waals surface area contributed by atoms with E-state index in [1.54, 1.807) is 19.6 Å². The van der Waals surface area contributed by atoms with Crippen molar-refractivity contribution in [2.45, 2.75) is 31.8 Å². The average molecular weight is 296 g/mol. The Kier molecular flexibility index (Phi) is 4.68. The number of methoxy groups -OCH3 is 1. The van der Waals surface area contributed by atoms with E-state index in [0.29, 0.717) is 6.10 Å². The van der Waals surface area contributed by atoms with Gasteiger partial charge in [0.05, 0.1) is 18.9 Å². The molecular weight excluding hydrogens is 276 g/mol. The molecule has 1 aliphatic rings. The maximum Gasteiger partial charge on any atom is 0.162 e. The highest BCUT2D eigenvalue weighted by molar-refractivity contribution is 5.69. The maximum absolute atomic E-state index is 6.11. The molecule has 1 heterocycles. The van der Waals surface area contributed by atoms with Crippen LogP contribution in [0.15, 0.2) is 36.8 Å². The number of rotatable bonds is 5. The van der Waals surface area contributed by atoms with Gasteiger partial charge in [-0.25, -0.2) is 9.97 Å². The molecule has 0 aliphatic heterocycles. The predicted octanol–water partition coefficient (Wildman–Crippen LogP) is 3.98. The second kappa shape index (κ2) is 7.07. The summed E-state index contributed by atoms with van der Waals surface area (Å²) in [6.07, 6.45) is 12.3. The number of aromatic nitrogens is 2. The first-order valence-electron chi connectivity index (χ1n) is 7.64. The van der Waals surface area contributed by atoms with Crippen molar-refractivity contribution >= 4 is 12.2 Å². The van der Waals surface area contributed by atoms with Crippen molar-refractivity contribution in [3.8, 4) is 11.5 Å². The number of ether oxygens (including phenoxy) is 2. The Morgan fingerprint density at radius 2 is 1.95 bits per heavy atom. The van der Waals surface area contributed by atoms with E-state index in [0.717, 1.165) is 35.6 Å². The van der Waals surface area contributed by atoms with Crippen molar-refractivity contribution in [3.05, 3.63) is 48.0 Å². The molecule has 4 nitrogen and oxygen atoms in total. The van der Waals surface area contributed by atoms with Crippen molar-refractivity contribution in [1.82, 2.24) is 9.97 Å². The smallest absolute Gasteiger partial charge is 0.162 e. The van der Waals surface area contributed by atoms with Crippen molar-refractivity contribution in [3.63, 3.8) is 0 Å². The molecule has 3 rings (SSSR count). The predicted molar refractivity (Wildman–Crippen MR) is 86.8 cm³/mol. The summed E-state index contributed by atoms with van der Waals surface area (Å²) in [7, 11) is 1.67. The van der Waals surface area contributed by atoms with E-state index in [-0.39, 0.29) is 0 Å². The molecule has 22 heavy (non-hydrogen) atoms. The summed E-state index contributed by atoms with van der Waals surface area (Å²) in [4.78, 5) is 8.09. The second-order valence-electron chi connectivity index (χ2n) is 5.40. The average Bonchev–Trinajstić information content (AvgIpc) is 3.07. The van der Waals surface area contributed by atoms with E-state index >= 15 is 0 Å². The molecule has 0 saturated heterocycles. The summed E-state index contributed by atoms with van der Waals surface area (Å²) in [6, 6.07) is 7.85. The van der Waals surface area contributed by atoms with E-state index in [9.17, 15) is 0 Å². The van der Waals surface area contributed by atoms with Gasteiger partial charge in [-0.2, -0.15) is 0 Å². The lowest BCUT2D eigenvalue weighted by Crippen LogP contribution is -2.11. The number of hydrogen-bond acceptors (Lipinski definition) is 4. The second-order valence-corrected chi connectivity index (χ2v) is 5.40. The third kappa shape index (κ3) is 3.64. The van der Waals surface area contributed by atoms with E-state index in [4.69, 9.17) is 9.47 Å². The molecule has 1 fully saturated rings. The highest BCUT2D eigenvalue weighted by atomic mass is 16.5. The first kappa shape index (κ1) is 14.6. The van der Waals surface area contributed by atoms with Gasteiger partial charge in [-0.3, -0.25) is 0 Å². The Hall–Kier alpha value is -2.36. The lowest BCUT2D eigenvalue weighted by Gasteiger charge is -2.16. The van der Waals surface area contributed by atoms with Gasteiger partial charge in [-0.15, -0.1) is 0 Å². The first-order valence-corrected chi connectivity index (χ1v) is 7.64. The molecule has 1 saturated carbocycles. The minimum absolute atomic E-state index is 0.315. The van der Waals surface area contributed by atoms with Gasteiger partial charge in [0, 0.05) is 6.20 Å². The Balaban J connectivity index is 1.78. The summed E-state index contributed by atoms with van der Waals surface area (Å²) in [5.74, 6) is 1.60. The summed E-state index contributed by atoms with van der Waals surface area (Å²) in [5, 5.41) is 0. The molecule has 0 amide bonds. The van der Waals surface area contributed by atoms with Crippen molar-refractivity contribution in [2.75, 3.05) is 7.11 Å². The van der Waals surface area contributed by atoms with Gasteiger partial charge >= 0.3 is 0 Å². The molecule has 0 bridgehead atoms. The van der Waals surface area contributed by atoms with Gasteiger partial charge < -0.3 is 9.47 Å². The third-order valence-corrected chi connectivity index (χ3v) is 3.83. The van der Waals surface area contributed by atoms with E-state index < -0.39 is 0 Å². The molecule has 0 radical (unpaired) electrons. The molecule has 0 N–H and O–H groups in total. The Bertz CT molecular complexity index is 635. The van der Waals surface area contributed by atoms with E-state index in [1.807, 2.05) is 36.4 Å². The van der Waals surface area contributed by atoms with Crippen LogP contribution in [-0.4, -0.2) is 23.2 Å². The van der Waals surface area contributed by atoms with Crippen molar-refractivity contribution in [1.29, 1.82) is 0 Å². The van der Waals surface area contributed by atoms with Crippen LogP contribution in [0.25, 0.3) is 12.2 Å². The summed E-state index contributed by atoms with van der Waals surface area (Å²) < 4.78 is 11.5. The molecule has 2 aromatic rings. The van der Waals surface area contributed by atoms with Crippen LogP contribution in [0.1, 0.15) is 36.9 Å². The highest BCUT2D eigenvalue weighted by Gasteiger charge is 2.18. The molecule has 1 aromatic heterocycles. The fourth-order valence-electron chi connectivity index (χ4n) is 2.66. The fourth-order valence-corrected chi connectivity index (χ4v) is 2.66. The maximum atomic E-state index is 6.11. The standard InChI is InChI=1S/C18H20N2O2/c1-21-17-9-7-14(6-8-15-10-11-19-13-20-15)12-18(17)22-16-4-2-3-5-16/h6-13,16H,2-5H2,1H3/b8-6+. The Morgan fingerprint density at radius 3 is 2.68 bits per heavy atom. The normalized spacial score (nSPS) is 15.3. The Labute approximate surface area is 130 Å². The largest absolute Gasteiger partial charge is 0.493 e. The molecule has 114 valence electrons. The lowest BCUT2D eigenvalue weighted by molar-refractivity contribution is 0.201. The van der Waals surface area contributed by atoms with Crippen molar-refractivity contribution in [2.24, 2.45) is 0 Å². The molecule has 4 heteroatoms. The van der Waals surface area contributed by atoms with Gasteiger partial charge in [0.1, 0.15) is 6.33 Å². The van der Waals surface area contributed by atoms with E-state index in [2.05, 4.69) is 9.97 Å². The Morgan fingerprint density at radius 1 is 1.09 bits per heavy atom. The summed E-state index contributed by atoms with van der Waals surface area (Å²) in [5.41, 5.74) is 1.94. The van der Waals surface area contributed by atoms with Crippen LogP contribution in [0, 0.1) is 0 Å². The van der Waals surface area contributed by atoms with E-state index in [1.165, 1.54) is 12.8 Å². The fraction of sp³-hybridized carbons (Fsp3) is 0.333. The summed E-state index contributed by atoms with van der Waals surface area (Å²) >= 11 is 0. The van der Waals surface area contributed by atoms with Crippen LogP contribution >= 0.6 is 0 Å². The van der Waals surface area contributed by atoms with Gasteiger partial charge in [0.2, 0.25) is 0 Å². The van der Waals surface area contributed by atoms with Crippen LogP contribution in [-0.2, 0) is 0 Å². The minimum atomic E-state index is 0.315. The zero-order valence-corrected chi connectivity index (χ0v) is 12.7. The van der Waals surface area contributed by atoms with Crippen LogP contribution in [0.3, 0.4) is 0 Å². The topological polar surface area (TPSA) is 44.2 Å². The zero-order valence-electron chi connectivity index (χ0n) is 12.7. The number of hydrogen-bond donors (Lipinski definition) is 0. The first-order chi connectivity index (χ1) is 10.8. The van der Waals surface area contributed by atoms with Gasteiger partial charge in [-0.05, 0) is 55.5 Å². The summed E-state index contributed by atoms with van der Waals surface area (Å²) in [6.45, 7) is 0. The molecule has 0 unspecified atom stereocenters. The van der Waals surface area contributed by atoms with Gasteiger partial charge in [0.25, 0.3) is 0 Å². The van der Waals surface area contributed by atoms with Gasteiger partial charge in [-0.1, -0.05) is 12.1 Å². The van der Waals surface area contributed by atoms with Crippen LogP contribution in [0.2, 0.25) is 0 Å². The molecule has 1 aromatic carbocycles. The molecule has 1 aliphatic carbocycles. The van der Waals surface area contributed by atoms with Crippen LogP contribution in [0.4, 0.5) is 0 Å². The lowest BCUT2D eigenvalue weighted by atomic mass is 10.1. The van der Waals surface area contributed by atoms with Crippen molar-refractivity contribution < 1.29 is 9.47 Å². The zero-order chi connectivity index (χ0) is 15.2. The molecule has 0 atom stereocenters. The third-order valence-electron chi connectivity index (χ3n) is 3.83. The van der Waals surface area contributed by atoms with Crippen LogP contribution in [0.5, 0.6) is 11.5 Å². The monoisotopic (exact) mass is 296 g/mol. The quantitative estimate of drug-likeness (QED) is 0.837. The SMILES string of the molecule is COc1ccc(/C=C/c2ccncn2)cc1OC1CCCC1. The minimum Gasteiger partial charge on any atom is -0.493 e. The molecular formula is C18H20N2O2. The van der Waals surface area contributed by atoms with Gasteiger partial charge in [0.15, 0.2) is 11.5 Å². The molecule has 0 spiro atoms. The number of nitrogens with zero attached hydrogens (tertiary/aromatic N) is 2. The van der Waals surface area contributed by atoms with Crippen LogP contribution < -0.4 is 9.47 Å². The number of benzene rings is 1.